The van der Waals surface area contributed by atoms with Crippen LogP contribution in [0.1, 0.15) is 17.0 Å². The topological polar surface area (TPSA) is 43.1 Å². The van der Waals surface area contributed by atoms with Gasteiger partial charge in [0.1, 0.15) is 5.78 Å². The zero-order valence-electron chi connectivity index (χ0n) is 14.6. The van der Waals surface area contributed by atoms with Crippen LogP contribution in [-0.2, 0) is 11.2 Å². The Morgan fingerprint density at radius 3 is 1.96 bits per heavy atom. The van der Waals surface area contributed by atoms with Gasteiger partial charge in [-0.1, -0.05) is 84.9 Å². The molecule has 2 heteroatoms. The summed E-state index contributed by atoms with van der Waals surface area (Å²) in [5.74, 6) is -0.107. The van der Waals surface area contributed by atoms with Crippen molar-refractivity contribution in [3.8, 4) is 0 Å². The van der Waals surface area contributed by atoms with Crippen molar-refractivity contribution in [3.63, 3.8) is 0 Å². The van der Waals surface area contributed by atoms with E-state index >= 15 is 0 Å². The first-order valence-corrected chi connectivity index (χ1v) is 8.94. The van der Waals surface area contributed by atoms with Gasteiger partial charge in [-0.2, -0.15) is 0 Å². The monoisotopic (exact) mass is 339 g/mol. The summed E-state index contributed by atoms with van der Waals surface area (Å²) >= 11 is 0. The van der Waals surface area contributed by atoms with Gasteiger partial charge in [-0.15, -0.1) is 0 Å². The summed E-state index contributed by atoms with van der Waals surface area (Å²) in [6, 6.07) is 28.8. The predicted molar refractivity (Wildman–Crippen MR) is 108 cm³/mol. The third-order valence-corrected chi connectivity index (χ3v) is 4.99. The summed E-state index contributed by atoms with van der Waals surface area (Å²) in [7, 11) is 0. The largest absolute Gasteiger partial charge is 0.329 e. The van der Waals surface area contributed by atoms with Gasteiger partial charge >= 0.3 is 0 Å². The molecule has 4 rings (SSSR count). The highest BCUT2D eigenvalue weighted by Gasteiger charge is 2.19. The Morgan fingerprint density at radius 2 is 1.31 bits per heavy atom. The molecule has 0 aliphatic carbocycles. The molecule has 0 bridgehead atoms. The molecule has 1 atom stereocenters. The molecule has 0 saturated carbocycles. The summed E-state index contributed by atoms with van der Waals surface area (Å²) in [5, 5.41) is 4.66. The van der Waals surface area contributed by atoms with Gasteiger partial charge in [0, 0.05) is 13.0 Å². The number of hydrogen-bond acceptors (Lipinski definition) is 2. The minimum atomic E-state index is -0.272. The molecular formula is C24H21NO. The van der Waals surface area contributed by atoms with E-state index in [9.17, 15) is 4.79 Å². The van der Waals surface area contributed by atoms with Crippen molar-refractivity contribution in [2.24, 2.45) is 5.73 Å². The molecule has 0 heterocycles. The molecule has 26 heavy (non-hydrogen) atoms. The molecule has 0 fully saturated rings. The van der Waals surface area contributed by atoms with Crippen LogP contribution >= 0.6 is 0 Å². The van der Waals surface area contributed by atoms with E-state index in [1.165, 1.54) is 10.8 Å². The lowest BCUT2D eigenvalue weighted by Crippen LogP contribution is -2.23. The lowest BCUT2D eigenvalue weighted by atomic mass is 9.89. The van der Waals surface area contributed by atoms with Gasteiger partial charge in [-0.05, 0) is 32.7 Å². The smallest absolute Gasteiger partial charge is 0.145 e. The zero-order chi connectivity index (χ0) is 17.9. The second-order valence-corrected chi connectivity index (χ2v) is 6.72. The van der Waals surface area contributed by atoms with Gasteiger partial charge in [-0.3, -0.25) is 4.79 Å². The SMILES string of the molecule is NCC(C(=O)Cc1ccc2ccccc2c1)c1ccc2ccccc2c1. The third-order valence-electron chi connectivity index (χ3n) is 4.99. The van der Waals surface area contributed by atoms with Gasteiger partial charge < -0.3 is 5.73 Å². The van der Waals surface area contributed by atoms with Crippen LogP contribution in [0.4, 0.5) is 0 Å². The van der Waals surface area contributed by atoms with Crippen LogP contribution < -0.4 is 5.73 Å². The quantitative estimate of drug-likeness (QED) is 0.565. The van der Waals surface area contributed by atoms with Crippen molar-refractivity contribution in [3.05, 3.63) is 96.1 Å². The average Bonchev–Trinajstić information content (AvgIpc) is 2.68. The number of carbonyl (C=O) groups is 1. The molecule has 0 amide bonds. The van der Waals surface area contributed by atoms with Crippen molar-refractivity contribution >= 4 is 27.3 Å². The van der Waals surface area contributed by atoms with E-state index in [0.717, 1.165) is 21.9 Å². The molecule has 4 aromatic carbocycles. The van der Waals surface area contributed by atoms with Gasteiger partial charge in [0.2, 0.25) is 0 Å². The second-order valence-electron chi connectivity index (χ2n) is 6.72. The third kappa shape index (κ3) is 3.24. The van der Waals surface area contributed by atoms with Crippen molar-refractivity contribution in [1.82, 2.24) is 0 Å². The van der Waals surface area contributed by atoms with Gasteiger partial charge in [0.05, 0.1) is 5.92 Å². The fourth-order valence-corrected chi connectivity index (χ4v) is 3.55. The summed E-state index contributed by atoms with van der Waals surface area (Å²) in [6.45, 7) is 0.324. The van der Waals surface area contributed by atoms with E-state index in [1.807, 2.05) is 36.4 Å². The molecular weight excluding hydrogens is 318 g/mol. The second kappa shape index (κ2) is 7.11. The molecule has 0 aromatic heterocycles. The van der Waals surface area contributed by atoms with Crippen LogP contribution in [0.3, 0.4) is 0 Å². The van der Waals surface area contributed by atoms with Crippen LogP contribution in [0.2, 0.25) is 0 Å². The van der Waals surface area contributed by atoms with E-state index in [2.05, 4.69) is 48.5 Å². The first kappa shape index (κ1) is 16.5. The van der Waals surface area contributed by atoms with Crippen LogP contribution in [0, 0.1) is 0 Å². The highest BCUT2D eigenvalue weighted by molar-refractivity contribution is 5.91. The average molecular weight is 339 g/mol. The van der Waals surface area contributed by atoms with E-state index in [-0.39, 0.29) is 11.7 Å². The maximum atomic E-state index is 12.9. The van der Waals surface area contributed by atoms with E-state index in [4.69, 9.17) is 5.73 Å². The molecule has 2 nitrogen and oxygen atoms in total. The number of hydrogen-bond donors (Lipinski definition) is 1. The Balaban J connectivity index is 1.61. The molecule has 2 N–H and O–H groups in total. The predicted octanol–water partition coefficient (Wildman–Crippen LogP) is 4.85. The summed E-state index contributed by atoms with van der Waals surface area (Å²) in [5.41, 5.74) is 8.01. The van der Waals surface area contributed by atoms with Gasteiger partial charge in [0.15, 0.2) is 0 Å². The minimum Gasteiger partial charge on any atom is -0.329 e. The molecule has 4 aromatic rings. The number of Topliss-reactive ketones (excluding diaryl/α,β-unsaturated/α-hetero) is 1. The molecule has 0 saturated heterocycles. The highest BCUT2D eigenvalue weighted by Crippen LogP contribution is 2.24. The Morgan fingerprint density at radius 1 is 0.731 bits per heavy atom. The molecule has 0 aliphatic heterocycles. The Bertz CT molecular complexity index is 1080. The van der Waals surface area contributed by atoms with Crippen molar-refractivity contribution in [2.75, 3.05) is 6.54 Å². The zero-order valence-corrected chi connectivity index (χ0v) is 14.6. The van der Waals surface area contributed by atoms with E-state index < -0.39 is 0 Å². The standard InChI is InChI=1S/C24H21NO/c25-16-23(22-12-11-19-6-2-4-8-21(19)15-22)24(26)14-17-9-10-18-5-1-3-7-20(18)13-17/h1-13,15,23H,14,16,25H2. The summed E-state index contributed by atoms with van der Waals surface area (Å²) in [4.78, 5) is 12.9. The molecule has 1 unspecified atom stereocenters. The Hall–Kier alpha value is -2.97. The van der Waals surface area contributed by atoms with Crippen molar-refractivity contribution < 1.29 is 4.79 Å². The fraction of sp³-hybridized carbons (Fsp3) is 0.125. The van der Waals surface area contributed by atoms with Gasteiger partial charge in [0.25, 0.3) is 0 Å². The molecule has 0 spiro atoms. The Labute approximate surface area is 153 Å². The van der Waals surface area contributed by atoms with Crippen LogP contribution in [-0.4, -0.2) is 12.3 Å². The first-order chi connectivity index (χ1) is 12.7. The lowest BCUT2D eigenvalue weighted by molar-refractivity contribution is -0.119. The van der Waals surface area contributed by atoms with Crippen molar-refractivity contribution in [1.29, 1.82) is 0 Å². The minimum absolute atomic E-state index is 0.165. The van der Waals surface area contributed by atoms with Crippen LogP contribution in [0.25, 0.3) is 21.5 Å². The molecule has 128 valence electrons. The number of nitrogens with two attached hydrogens (primary N) is 1. The number of fused-ring (bicyclic) bond motifs is 2. The summed E-state index contributed by atoms with van der Waals surface area (Å²) in [6.07, 6.45) is 0.402. The maximum absolute atomic E-state index is 12.9. The number of carbonyl (C=O) groups excluding carboxylic acids is 1. The number of rotatable bonds is 5. The van der Waals surface area contributed by atoms with Crippen LogP contribution in [0.15, 0.2) is 84.9 Å². The maximum Gasteiger partial charge on any atom is 0.145 e. The van der Waals surface area contributed by atoms with E-state index in [1.54, 1.807) is 0 Å². The Kier molecular flexibility index (Phi) is 4.51. The van der Waals surface area contributed by atoms with E-state index in [0.29, 0.717) is 13.0 Å². The first-order valence-electron chi connectivity index (χ1n) is 8.94. The number of ketones is 1. The lowest BCUT2D eigenvalue weighted by Gasteiger charge is -2.15. The molecule has 0 aliphatic rings. The normalized spacial score (nSPS) is 12.3. The van der Waals surface area contributed by atoms with Crippen LogP contribution in [0.5, 0.6) is 0 Å². The number of benzene rings is 4. The van der Waals surface area contributed by atoms with Gasteiger partial charge in [-0.25, -0.2) is 0 Å². The van der Waals surface area contributed by atoms with Crippen molar-refractivity contribution in [2.45, 2.75) is 12.3 Å². The molecule has 0 radical (unpaired) electrons. The summed E-state index contributed by atoms with van der Waals surface area (Å²) < 4.78 is 0. The fourth-order valence-electron chi connectivity index (χ4n) is 3.55. The highest BCUT2D eigenvalue weighted by atomic mass is 16.1.